The molecule has 6 heteroatoms. The highest BCUT2D eigenvalue weighted by atomic mass is 16.6. The molecular formula is C13H17NO5. The molecule has 104 valence electrons. The van der Waals surface area contributed by atoms with Crippen molar-refractivity contribution < 1.29 is 24.2 Å². The van der Waals surface area contributed by atoms with Crippen LogP contribution in [0.1, 0.15) is 5.56 Å². The van der Waals surface area contributed by atoms with E-state index in [1.165, 1.54) is 14.2 Å². The van der Waals surface area contributed by atoms with Gasteiger partial charge in [0.25, 0.3) is 0 Å². The molecule has 0 unspecified atom stereocenters. The number of carbonyl (C=O) groups is 2. The number of likely N-dealkylation sites (N-methyl/N-ethyl adjacent to an activating group) is 1. The molecule has 0 radical (unpaired) electrons. The number of benzene rings is 1. The second-order valence-electron chi connectivity index (χ2n) is 3.87. The molecule has 0 heterocycles. The molecule has 0 saturated heterocycles. The summed E-state index contributed by atoms with van der Waals surface area (Å²) in [6, 6.07) is 8.09. The van der Waals surface area contributed by atoms with Gasteiger partial charge >= 0.3 is 12.1 Å². The fraction of sp³-hybridized carbons (Fsp3) is 0.385. The van der Waals surface area contributed by atoms with Gasteiger partial charge in [-0.3, -0.25) is 4.90 Å². The Labute approximate surface area is 111 Å². The van der Waals surface area contributed by atoms with Crippen LogP contribution in [0.25, 0.3) is 0 Å². The van der Waals surface area contributed by atoms with Crippen molar-refractivity contribution in [2.45, 2.75) is 12.6 Å². The lowest BCUT2D eigenvalue weighted by Crippen LogP contribution is -2.45. The van der Waals surface area contributed by atoms with Crippen LogP contribution in [0.15, 0.2) is 30.3 Å². The Morgan fingerprint density at radius 1 is 1.32 bits per heavy atom. The quantitative estimate of drug-likeness (QED) is 0.798. The maximum absolute atomic E-state index is 11.7. The van der Waals surface area contributed by atoms with Gasteiger partial charge in [-0.25, -0.2) is 9.59 Å². The van der Waals surface area contributed by atoms with Crippen LogP contribution in [0.5, 0.6) is 0 Å². The summed E-state index contributed by atoms with van der Waals surface area (Å²) in [7, 11) is 2.55. The van der Waals surface area contributed by atoms with Crippen molar-refractivity contribution in [2.24, 2.45) is 0 Å². The van der Waals surface area contributed by atoms with Crippen molar-refractivity contribution in [3.05, 3.63) is 35.9 Å². The molecule has 0 saturated carbocycles. The number of hydrogen-bond donors (Lipinski definition) is 1. The Hall–Kier alpha value is -2.08. The van der Waals surface area contributed by atoms with Crippen molar-refractivity contribution in [3.63, 3.8) is 0 Å². The summed E-state index contributed by atoms with van der Waals surface area (Å²) in [6.07, 6.45) is -0.701. The number of aliphatic hydroxyl groups is 1. The van der Waals surface area contributed by atoms with Crippen molar-refractivity contribution in [3.8, 4) is 0 Å². The third-order valence-corrected chi connectivity index (χ3v) is 2.61. The van der Waals surface area contributed by atoms with Crippen LogP contribution in [-0.2, 0) is 20.9 Å². The van der Waals surface area contributed by atoms with E-state index < -0.39 is 24.7 Å². The van der Waals surface area contributed by atoms with Crippen LogP contribution in [0, 0.1) is 0 Å². The van der Waals surface area contributed by atoms with Gasteiger partial charge in [0.05, 0.1) is 13.7 Å². The molecule has 0 spiro atoms. The largest absolute Gasteiger partial charge is 0.467 e. The molecule has 1 N–H and O–H groups in total. The van der Waals surface area contributed by atoms with E-state index in [9.17, 15) is 9.59 Å². The lowest BCUT2D eigenvalue weighted by atomic mass is 10.2. The van der Waals surface area contributed by atoms with Gasteiger partial charge in [0.1, 0.15) is 6.61 Å². The molecule has 0 aromatic heterocycles. The zero-order valence-electron chi connectivity index (χ0n) is 10.9. The van der Waals surface area contributed by atoms with Crippen LogP contribution in [0.2, 0.25) is 0 Å². The minimum Gasteiger partial charge on any atom is -0.467 e. The van der Waals surface area contributed by atoms with Crippen LogP contribution in [0.4, 0.5) is 4.79 Å². The Balaban J connectivity index is 2.54. The Bertz CT molecular complexity index is 420. The second-order valence-corrected chi connectivity index (χ2v) is 3.87. The first-order chi connectivity index (χ1) is 9.10. The van der Waals surface area contributed by atoms with Gasteiger partial charge in [-0.1, -0.05) is 30.3 Å². The second kappa shape index (κ2) is 7.38. The number of hydrogen-bond acceptors (Lipinski definition) is 5. The molecule has 0 bridgehead atoms. The average molecular weight is 267 g/mol. The third-order valence-electron chi connectivity index (χ3n) is 2.61. The van der Waals surface area contributed by atoms with E-state index in [2.05, 4.69) is 4.74 Å². The summed E-state index contributed by atoms with van der Waals surface area (Å²) < 4.78 is 9.52. The highest BCUT2D eigenvalue weighted by molar-refractivity contribution is 5.81. The van der Waals surface area contributed by atoms with Crippen LogP contribution >= 0.6 is 0 Å². The van der Waals surface area contributed by atoms with Crippen molar-refractivity contribution in [2.75, 3.05) is 20.8 Å². The molecule has 1 amide bonds. The van der Waals surface area contributed by atoms with Crippen molar-refractivity contribution in [1.82, 2.24) is 4.90 Å². The number of methoxy groups -OCH3 is 1. The fourth-order valence-corrected chi connectivity index (χ4v) is 1.44. The zero-order chi connectivity index (χ0) is 14.3. The Morgan fingerprint density at radius 2 is 1.95 bits per heavy atom. The topological polar surface area (TPSA) is 76.1 Å². The van der Waals surface area contributed by atoms with E-state index in [0.717, 1.165) is 10.5 Å². The summed E-state index contributed by atoms with van der Waals surface area (Å²) in [5, 5.41) is 9.08. The van der Waals surface area contributed by atoms with Gasteiger partial charge in [-0.05, 0) is 5.56 Å². The molecule has 1 atom stereocenters. The zero-order valence-corrected chi connectivity index (χ0v) is 10.9. The first-order valence-corrected chi connectivity index (χ1v) is 5.72. The summed E-state index contributed by atoms with van der Waals surface area (Å²) in [5.41, 5.74) is 0.836. The molecular weight excluding hydrogens is 250 g/mol. The van der Waals surface area contributed by atoms with Crippen LogP contribution in [-0.4, -0.2) is 48.9 Å². The summed E-state index contributed by atoms with van der Waals surface area (Å²) in [6.45, 7) is -0.424. The lowest BCUT2D eigenvalue weighted by Gasteiger charge is -2.23. The highest BCUT2D eigenvalue weighted by Crippen LogP contribution is 2.05. The standard InChI is InChI=1S/C13H17NO5/c1-14(11(8-15)12(16)18-2)13(17)19-9-10-6-4-3-5-7-10/h3-7,11,15H,8-9H2,1-2H3/t11-/m0/s1. The number of ether oxygens (including phenoxy) is 2. The van der Waals surface area contributed by atoms with Gasteiger partial charge in [0, 0.05) is 7.05 Å². The van der Waals surface area contributed by atoms with Crippen LogP contribution < -0.4 is 0 Å². The first-order valence-electron chi connectivity index (χ1n) is 5.72. The Kier molecular flexibility index (Phi) is 5.81. The van der Waals surface area contributed by atoms with Gasteiger partial charge in [-0.15, -0.1) is 0 Å². The predicted octanol–water partition coefficient (Wildman–Crippen LogP) is 0.789. The Morgan fingerprint density at radius 3 is 2.47 bits per heavy atom. The maximum atomic E-state index is 11.7. The van der Waals surface area contributed by atoms with Crippen LogP contribution in [0.3, 0.4) is 0 Å². The average Bonchev–Trinajstić information content (AvgIpc) is 2.46. The van der Waals surface area contributed by atoms with E-state index in [1.54, 1.807) is 0 Å². The van der Waals surface area contributed by atoms with Gasteiger partial charge in [0.15, 0.2) is 6.04 Å². The highest BCUT2D eigenvalue weighted by Gasteiger charge is 2.27. The maximum Gasteiger partial charge on any atom is 0.410 e. The number of nitrogens with zero attached hydrogens (tertiary/aromatic N) is 1. The normalized spacial score (nSPS) is 11.5. The first kappa shape index (κ1) is 15.0. The van der Waals surface area contributed by atoms with Gasteiger partial charge in [0.2, 0.25) is 0 Å². The molecule has 0 aliphatic carbocycles. The molecule has 1 aromatic rings. The van der Waals surface area contributed by atoms with E-state index >= 15 is 0 Å². The molecule has 6 nitrogen and oxygen atoms in total. The third kappa shape index (κ3) is 4.26. The monoisotopic (exact) mass is 267 g/mol. The van der Waals surface area contributed by atoms with Crippen molar-refractivity contribution >= 4 is 12.1 Å². The molecule has 1 rings (SSSR count). The van der Waals surface area contributed by atoms with E-state index in [1.807, 2.05) is 30.3 Å². The summed E-state index contributed by atoms with van der Waals surface area (Å²) in [4.78, 5) is 24.1. The number of rotatable bonds is 5. The number of esters is 1. The van der Waals surface area contributed by atoms with E-state index in [-0.39, 0.29) is 6.61 Å². The number of amides is 1. The van der Waals surface area contributed by atoms with Gasteiger partial charge in [-0.2, -0.15) is 0 Å². The predicted molar refractivity (Wildman–Crippen MR) is 67.3 cm³/mol. The number of carbonyl (C=O) groups excluding carboxylic acids is 2. The molecule has 0 fully saturated rings. The molecule has 19 heavy (non-hydrogen) atoms. The van der Waals surface area contributed by atoms with E-state index in [0.29, 0.717) is 0 Å². The number of aliphatic hydroxyl groups excluding tert-OH is 1. The fourth-order valence-electron chi connectivity index (χ4n) is 1.44. The molecule has 0 aliphatic rings. The smallest absolute Gasteiger partial charge is 0.410 e. The molecule has 1 aromatic carbocycles. The molecule has 0 aliphatic heterocycles. The minimum atomic E-state index is -1.06. The van der Waals surface area contributed by atoms with E-state index in [4.69, 9.17) is 9.84 Å². The van der Waals surface area contributed by atoms with Crippen molar-refractivity contribution in [1.29, 1.82) is 0 Å². The summed E-state index contributed by atoms with van der Waals surface area (Å²) in [5.74, 6) is -0.693. The lowest BCUT2D eigenvalue weighted by molar-refractivity contribution is -0.147. The minimum absolute atomic E-state index is 0.101. The SMILES string of the molecule is COC(=O)[C@H](CO)N(C)C(=O)OCc1ccccc1. The van der Waals surface area contributed by atoms with Gasteiger partial charge < -0.3 is 14.6 Å². The summed E-state index contributed by atoms with van der Waals surface area (Å²) >= 11 is 0.